The predicted octanol–water partition coefficient (Wildman–Crippen LogP) is 1.76. The highest BCUT2D eigenvalue weighted by Gasteiger charge is 2.28. The number of anilines is 2. The first-order chi connectivity index (χ1) is 19.1. The molecule has 1 aliphatic heterocycles. The van der Waals surface area contributed by atoms with Crippen molar-refractivity contribution >= 4 is 41.2 Å². The molecule has 6 amide bonds. The molecule has 0 bridgehead atoms. The molecule has 2 aromatic carbocycles. The Kier molecular flexibility index (Phi) is 10.3. The van der Waals surface area contributed by atoms with Gasteiger partial charge in [0.25, 0.3) is 0 Å². The fraction of sp³-hybridized carbons (Fsp3) is 0.370. The van der Waals surface area contributed by atoms with Gasteiger partial charge in [-0.05, 0) is 42.7 Å². The van der Waals surface area contributed by atoms with Gasteiger partial charge in [0.15, 0.2) is 0 Å². The number of nitrogens with one attached hydrogen (secondary N) is 3. The molecule has 3 rings (SSSR count). The van der Waals surface area contributed by atoms with E-state index < -0.39 is 36.4 Å². The summed E-state index contributed by atoms with van der Waals surface area (Å²) in [4.78, 5) is 63.0. The highest BCUT2D eigenvalue weighted by molar-refractivity contribution is 6.01. The van der Waals surface area contributed by atoms with Crippen LogP contribution in [0.2, 0.25) is 0 Å². The van der Waals surface area contributed by atoms with Crippen molar-refractivity contribution in [3.8, 4) is 5.75 Å². The number of carbonyl (C=O) groups is 5. The number of hydrogen-bond acceptors (Lipinski definition) is 6. The number of hydrogen-bond donors (Lipinski definition) is 5. The van der Waals surface area contributed by atoms with Gasteiger partial charge in [0, 0.05) is 38.3 Å². The van der Waals surface area contributed by atoms with E-state index in [1.54, 1.807) is 17.0 Å². The van der Waals surface area contributed by atoms with E-state index in [-0.39, 0.29) is 25.4 Å². The number of carbonyl (C=O) groups excluding carboxylic acids is 4. The Hall–Kier alpha value is -4.81. The molecule has 1 unspecified atom stereocenters. The van der Waals surface area contributed by atoms with Gasteiger partial charge in [-0.25, -0.2) is 9.59 Å². The topological polar surface area (TPSA) is 183 Å². The van der Waals surface area contributed by atoms with Crippen LogP contribution >= 0.6 is 0 Å². The first-order valence-electron chi connectivity index (χ1n) is 12.7. The van der Waals surface area contributed by atoms with Crippen molar-refractivity contribution in [2.24, 2.45) is 5.73 Å². The van der Waals surface area contributed by atoms with E-state index in [1.165, 1.54) is 12.0 Å². The maximum atomic E-state index is 12.8. The highest BCUT2D eigenvalue weighted by atomic mass is 16.5. The molecule has 0 aromatic heterocycles. The summed E-state index contributed by atoms with van der Waals surface area (Å²) < 4.78 is 5.44. The number of rotatable bonds is 10. The van der Waals surface area contributed by atoms with Gasteiger partial charge < -0.3 is 41.3 Å². The summed E-state index contributed by atoms with van der Waals surface area (Å²) in [6.45, 7) is 2.96. The van der Waals surface area contributed by atoms with Crippen LogP contribution in [0.3, 0.4) is 0 Å². The molecule has 0 aliphatic carbocycles. The Morgan fingerprint density at radius 1 is 0.975 bits per heavy atom. The number of primary amides is 1. The molecule has 2 aromatic rings. The molecule has 13 nitrogen and oxygen atoms in total. The van der Waals surface area contributed by atoms with Crippen LogP contribution in [0.1, 0.15) is 24.0 Å². The number of para-hydroxylation sites is 1. The maximum absolute atomic E-state index is 12.8. The van der Waals surface area contributed by atoms with E-state index >= 15 is 0 Å². The minimum atomic E-state index is -1.31. The van der Waals surface area contributed by atoms with Crippen LogP contribution < -0.4 is 26.4 Å². The number of piperazine rings is 1. The smallest absolute Gasteiger partial charge is 0.323 e. The fourth-order valence-corrected chi connectivity index (χ4v) is 4.19. The van der Waals surface area contributed by atoms with Gasteiger partial charge in [0.1, 0.15) is 11.8 Å². The molecular weight excluding hydrogens is 520 g/mol. The Labute approximate surface area is 231 Å². The lowest BCUT2D eigenvalue weighted by Crippen LogP contribution is -2.56. The Bertz CT molecular complexity index is 1260. The van der Waals surface area contributed by atoms with Crippen molar-refractivity contribution in [2.75, 3.05) is 43.9 Å². The minimum absolute atomic E-state index is 0.0836. The van der Waals surface area contributed by atoms with Gasteiger partial charge in [-0.2, -0.15) is 0 Å². The molecule has 13 heteroatoms. The van der Waals surface area contributed by atoms with Crippen molar-refractivity contribution in [3.05, 3.63) is 53.6 Å². The number of urea groups is 2. The summed E-state index contributed by atoms with van der Waals surface area (Å²) >= 11 is 0. The lowest BCUT2D eigenvalue weighted by molar-refractivity contribution is -0.139. The Balaban J connectivity index is 1.48. The lowest BCUT2D eigenvalue weighted by atomic mass is 10.1. The third-order valence-corrected chi connectivity index (χ3v) is 6.47. The quantitative estimate of drug-likeness (QED) is 0.296. The normalized spacial score (nSPS) is 13.7. The number of ether oxygens (including phenoxy) is 1. The number of carboxylic acid groups (broad SMARTS) is 1. The molecule has 214 valence electrons. The first kappa shape index (κ1) is 29.7. The maximum Gasteiger partial charge on any atom is 0.323 e. The molecule has 0 radical (unpaired) electrons. The standard InChI is InChI=1S/C27H34N6O7/c1-17-5-3-4-6-19(17)29-26(38)30-20-9-7-18(15-22(20)40-2)8-10-23(34)32-11-13-33(14-12-32)27(39)31-21(25(28)37)16-24(35)36/h3-7,9,15,21H,8,10-14,16H2,1-2H3,(H2,28,37)(H,31,39)(H,35,36)(H2,29,30,38). The number of methoxy groups -OCH3 is 1. The molecule has 1 atom stereocenters. The molecule has 40 heavy (non-hydrogen) atoms. The lowest BCUT2D eigenvalue weighted by Gasteiger charge is -2.35. The number of benzene rings is 2. The zero-order valence-corrected chi connectivity index (χ0v) is 22.4. The van der Waals surface area contributed by atoms with E-state index in [0.29, 0.717) is 36.6 Å². The number of carboxylic acids is 1. The number of amides is 6. The van der Waals surface area contributed by atoms with Gasteiger partial charge in [0.2, 0.25) is 11.8 Å². The monoisotopic (exact) mass is 554 g/mol. The highest BCUT2D eigenvalue weighted by Crippen LogP contribution is 2.27. The number of nitrogens with zero attached hydrogens (tertiary/aromatic N) is 2. The first-order valence-corrected chi connectivity index (χ1v) is 12.7. The van der Waals surface area contributed by atoms with Gasteiger partial charge in [-0.3, -0.25) is 14.4 Å². The van der Waals surface area contributed by atoms with Gasteiger partial charge >= 0.3 is 18.0 Å². The van der Waals surface area contributed by atoms with Crippen LogP contribution in [0.4, 0.5) is 21.0 Å². The molecule has 1 aliphatic rings. The van der Waals surface area contributed by atoms with E-state index in [2.05, 4.69) is 16.0 Å². The van der Waals surface area contributed by atoms with Crippen LogP contribution in [0.15, 0.2) is 42.5 Å². The van der Waals surface area contributed by atoms with Crippen molar-refractivity contribution in [2.45, 2.75) is 32.2 Å². The summed E-state index contributed by atoms with van der Waals surface area (Å²) in [7, 11) is 1.50. The molecule has 1 saturated heterocycles. The average molecular weight is 555 g/mol. The third kappa shape index (κ3) is 8.35. The van der Waals surface area contributed by atoms with Crippen LogP contribution in [-0.4, -0.2) is 84.1 Å². The van der Waals surface area contributed by atoms with Crippen molar-refractivity contribution < 1.29 is 33.8 Å². The average Bonchev–Trinajstić information content (AvgIpc) is 2.92. The zero-order valence-electron chi connectivity index (χ0n) is 22.4. The van der Waals surface area contributed by atoms with E-state index in [4.69, 9.17) is 15.6 Å². The molecule has 6 N–H and O–H groups in total. The van der Waals surface area contributed by atoms with Crippen molar-refractivity contribution in [1.82, 2.24) is 15.1 Å². The second kappa shape index (κ2) is 13.8. The van der Waals surface area contributed by atoms with Crippen LogP contribution in [0.5, 0.6) is 5.75 Å². The molecular formula is C27H34N6O7. The van der Waals surface area contributed by atoms with E-state index in [1.807, 2.05) is 37.3 Å². The van der Waals surface area contributed by atoms with E-state index in [9.17, 15) is 24.0 Å². The largest absolute Gasteiger partial charge is 0.495 e. The minimum Gasteiger partial charge on any atom is -0.495 e. The SMILES string of the molecule is COc1cc(CCC(=O)N2CCN(C(=O)NC(CC(=O)O)C(N)=O)CC2)ccc1NC(=O)Nc1ccccc1C. The van der Waals surface area contributed by atoms with Crippen molar-refractivity contribution in [1.29, 1.82) is 0 Å². The van der Waals surface area contributed by atoms with Gasteiger partial charge in [0.05, 0.1) is 19.2 Å². The summed E-state index contributed by atoms with van der Waals surface area (Å²) in [6.07, 6.45) is 0.0707. The molecule has 0 spiro atoms. The predicted molar refractivity (Wildman–Crippen MR) is 147 cm³/mol. The second-order valence-electron chi connectivity index (χ2n) is 9.30. The number of nitrogens with two attached hydrogens (primary N) is 1. The van der Waals surface area contributed by atoms with Crippen LogP contribution in [0, 0.1) is 6.92 Å². The number of aryl methyl sites for hydroxylation is 2. The van der Waals surface area contributed by atoms with Crippen LogP contribution in [0.25, 0.3) is 0 Å². The summed E-state index contributed by atoms with van der Waals surface area (Å²) in [5, 5.41) is 16.8. The van der Waals surface area contributed by atoms with Gasteiger partial charge in [-0.1, -0.05) is 24.3 Å². The van der Waals surface area contributed by atoms with Crippen LogP contribution in [-0.2, 0) is 20.8 Å². The van der Waals surface area contributed by atoms with E-state index in [0.717, 1.165) is 11.1 Å². The zero-order chi connectivity index (χ0) is 29.2. The molecule has 0 saturated carbocycles. The van der Waals surface area contributed by atoms with Gasteiger partial charge in [-0.15, -0.1) is 0 Å². The van der Waals surface area contributed by atoms with Crippen molar-refractivity contribution in [3.63, 3.8) is 0 Å². The summed E-state index contributed by atoms with van der Waals surface area (Å²) in [6, 6.07) is 10.4. The summed E-state index contributed by atoms with van der Waals surface area (Å²) in [5.41, 5.74) is 8.14. The number of aliphatic carboxylic acids is 1. The third-order valence-electron chi connectivity index (χ3n) is 6.47. The Morgan fingerprint density at radius 2 is 1.62 bits per heavy atom. The molecule has 1 fully saturated rings. The second-order valence-corrected chi connectivity index (χ2v) is 9.30. The summed E-state index contributed by atoms with van der Waals surface area (Å²) in [5.74, 6) is -1.82. The fourth-order valence-electron chi connectivity index (χ4n) is 4.19. The Morgan fingerprint density at radius 3 is 2.25 bits per heavy atom. The molecule has 1 heterocycles.